The minimum Gasteiger partial charge on any atom is -0.465 e. The van der Waals surface area contributed by atoms with Gasteiger partial charge in [-0.25, -0.2) is 4.79 Å². The van der Waals surface area contributed by atoms with Crippen molar-refractivity contribution in [2.24, 2.45) is 0 Å². The van der Waals surface area contributed by atoms with Crippen molar-refractivity contribution in [2.45, 2.75) is 12.2 Å². The first-order valence-electron chi connectivity index (χ1n) is 5.73. The molecular formula is C13H19NO3S. The van der Waals surface area contributed by atoms with Crippen molar-refractivity contribution in [3.05, 3.63) is 29.3 Å². The average Bonchev–Trinajstić information content (AvgIpc) is 2.38. The fourth-order valence-corrected chi connectivity index (χ4v) is 2.51. The van der Waals surface area contributed by atoms with Crippen molar-refractivity contribution in [3.8, 4) is 0 Å². The summed E-state index contributed by atoms with van der Waals surface area (Å²) in [4.78, 5) is 11.7. The van der Waals surface area contributed by atoms with E-state index in [9.17, 15) is 4.79 Å². The van der Waals surface area contributed by atoms with Gasteiger partial charge in [-0.3, -0.25) is 0 Å². The molecule has 5 heteroatoms. The number of rotatable bonds is 7. The van der Waals surface area contributed by atoms with Gasteiger partial charge in [-0.15, -0.1) is 0 Å². The molecule has 0 unspecified atom stereocenters. The van der Waals surface area contributed by atoms with Crippen LogP contribution in [0.3, 0.4) is 0 Å². The molecule has 0 aliphatic heterocycles. The summed E-state index contributed by atoms with van der Waals surface area (Å²) in [6, 6.07) is 5.48. The van der Waals surface area contributed by atoms with E-state index >= 15 is 0 Å². The van der Waals surface area contributed by atoms with Gasteiger partial charge in [0.05, 0.1) is 12.7 Å². The summed E-state index contributed by atoms with van der Waals surface area (Å²) < 4.78 is 9.74. The van der Waals surface area contributed by atoms with Crippen LogP contribution in [0.1, 0.15) is 22.3 Å². The van der Waals surface area contributed by atoms with Crippen molar-refractivity contribution in [2.75, 3.05) is 32.3 Å². The van der Waals surface area contributed by atoms with Crippen LogP contribution in [0, 0.1) is 0 Å². The zero-order chi connectivity index (χ0) is 13.4. The first-order valence-corrected chi connectivity index (χ1v) is 6.88. The smallest absolute Gasteiger partial charge is 0.340 e. The molecular weight excluding hydrogens is 250 g/mol. The number of esters is 1. The van der Waals surface area contributed by atoms with Crippen LogP contribution in [0.15, 0.2) is 18.2 Å². The van der Waals surface area contributed by atoms with Gasteiger partial charge < -0.3 is 15.2 Å². The van der Waals surface area contributed by atoms with Gasteiger partial charge in [0.15, 0.2) is 0 Å². The maximum Gasteiger partial charge on any atom is 0.340 e. The lowest BCUT2D eigenvalue weighted by Crippen LogP contribution is -2.09. The van der Waals surface area contributed by atoms with Gasteiger partial charge >= 0.3 is 5.97 Å². The van der Waals surface area contributed by atoms with E-state index in [1.807, 2.05) is 12.1 Å². The Kier molecular flexibility index (Phi) is 6.60. The van der Waals surface area contributed by atoms with Crippen molar-refractivity contribution >= 4 is 23.4 Å². The summed E-state index contributed by atoms with van der Waals surface area (Å²) in [7, 11) is 3.06. The van der Waals surface area contributed by atoms with Gasteiger partial charge in [-0.1, -0.05) is 12.1 Å². The summed E-state index contributed by atoms with van der Waals surface area (Å²) in [6.07, 6.45) is 0.997. The summed E-state index contributed by atoms with van der Waals surface area (Å²) in [5.74, 6) is 1.36. The lowest BCUT2D eigenvalue weighted by atomic mass is 10.1. The first kappa shape index (κ1) is 14.9. The molecule has 0 heterocycles. The molecule has 0 saturated heterocycles. The van der Waals surface area contributed by atoms with E-state index in [2.05, 4.69) is 0 Å². The Morgan fingerprint density at radius 3 is 2.83 bits per heavy atom. The van der Waals surface area contributed by atoms with Crippen molar-refractivity contribution in [1.29, 1.82) is 0 Å². The van der Waals surface area contributed by atoms with E-state index < -0.39 is 0 Å². The van der Waals surface area contributed by atoms with Gasteiger partial charge in [0.1, 0.15) is 0 Å². The summed E-state index contributed by atoms with van der Waals surface area (Å²) in [5, 5.41) is 0. The molecule has 1 rings (SSSR count). The van der Waals surface area contributed by atoms with Gasteiger partial charge in [0, 0.05) is 25.2 Å². The van der Waals surface area contributed by atoms with Crippen LogP contribution in [0.4, 0.5) is 5.69 Å². The fourth-order valence-electron chi connectivity index (χ4n) is 1.58. The van der Waals surface area contributed by atoms with Gasteiger partial charge in [0.25, 0.3) is 0 Å². The standard InChI is InChI=1S/C13H19NO3S/c1-16-7-4-8-18-9-10-5-3-6-11(14)12(10)13(15)17-2/h3,5-6H,4,7-9,14H2,1-2H3. The maximum absolute atomic E-state index is 11.7. The average molecular weight is 269 g/mol. The Morgan fingerprint density at radius 2 is 2.17 bits per heavy atom. The maximum atomic E-state index is 11.7. The van der Waals surface area contributed by atoms with E-state index in [0.29, 0.717) is 11.3 Å². The minimum absolute atomic E-state index is 0.374. The molecule has 0 spiro atoms. The number of ether oxygens (including phenoxy) is 2. The zero-order valence-corrected chi connectivity index (χ0v) is 11.6. The molecule has 0 aromatic heterocycles. The highest BCUT2D eigenvalue weighted by Crippen LogP contribution is 2.22. The van der Waals surface area contributed by atoms with Crippen LogP contribution in [-0.2, 0) is 15.2 Å². The first-order chi connectivity index (χ1) is 8.70. The number of hydrogen-bond donors (Lipinski definition) is 1. The second-order valence-corrected chi connectivity index (χ2v) is 4.88. The van der Waals surface area contributed by atoms with E-state index in [1.54, 1.807) is 24.9 Å². The Labute approximate surface area is 112 Å². The molecule has 0 fully saturated rings. The minimum atomic E-state index is -0.374. The predicted octanol–water partition coefficient (Wildman–Crippen LogP) is 2.33. The molecule has 18 heavy (non-hydrogen) atoms. The molecule has 4 nitrogen and oxygen atoms in total. The van der Waals surface area contributed by atoms with Crippen LogP contribution >= 0.6 is 11.8 Å². The molecule has 0 atom stereocenters. The number of carbonyl (C=O) groups excluding carboxylic acids is 1. The molecule has 100 valence electrons. The van der Waals surface area contributed by atoms with Gasteiger partial charge in [-0.2, -0.15) is 11.8 Å². The summed E-state index contributed by atoms with van der Waals surface area (Å²) in [5.41, 5.74) is 7.70. The number of nitrogens with two attached hydrogens (primary N) is 1. The molecule has 1 aromatic carbocycles. The third kappa shape index (κ3) is 4.23. The molecule has 0 aliphatic rings. The van der Waals surface area contributed by atoms with Gasteiger partial charge in [-0.05, 0) is 23.8 Å². The second-order valence-electron chi connectivity index (χ2n) is 3.77. The Hall–Kier alpha value is -1.20. The predicted molar refractivity (Wildman–Crippen MR) is 74.8 cm³/mol. The number of carbonyl (C=O) groups is 1. The van der Waals surface area contributed by atoms with Crippen LogP contribution < -0.4 is 5.73 Å². The van der Waals surface area contributed by atoms with E-state index in [0.717, 1.165) is 30.1 Å². The SMILES string of the molecule is COCCCSCc1cccc(N)c1C(=O)OC. The fraction of sp³-hybridized carbons (Fsp3) is 0.462. The molecule has 0 aliphatic carbocycles. The molecule has 0 amide bonds. The second kappa shape index (κ2) is 8.00. The molecule has 2 N–H and O–H groups in total. The monoisotopic (exact) mass is 269 g/mol. The van der Waals surface area contributed by atoms with Crippen LogP contribution in [-0.4, -0.2) is 32.5 Å². The van der Waals surface area contributed by atoms with Crippen molar-refractivity contribution < 1.29 is 14.3 Å². The van der Waals surface area contributed by atoms with Gasteiger partial charge in [0.2, 0.25) is 0 Å². The summed E-state index contributed by atoms with van der Waals surface area (Å²) >= 11 is 1.75. The molecule has 0 bridgehead atoms. The number of benzene rings is 1. The van der Waals surface area contributed by atoms with Crippen LogP contribution in [0.25, 0.3) is 0 Å². The largest absolute Gasteiger partial charge is 0.465 e. The lowest BCUT2D eigenvalue weighted by molar-refractivity contribution is 0.0601. The number of thioether (sulfide) groups is 1. The Balaban J connectivity index is 2.64. The van der Waals surface area contributed by atoms with Crippen LogP contribution in [0.2, 0.25) is 0 Å². The number of methoxy groups -OCH3 is 2. The quantitative estimate of drug-likeness (QED) is 0.467. The normalized spacial score (nSPS) is 10.3. The van der Waals surface area contributed by atoms with E-state index in [1.165, 1.54) is 7.11 Å². The van der Waals surface area contributed by atoms with Crippen LogP contribution in [0.5, 0.6) is 0 Å². The summed E-state index contributed by atoms with van der Waals surface area (Å²) in [6.45, 7) is 0.758. The van der Waals surface area contributed by atoms with Crippen molar-refractivity contribution in [3.63, 3.8) is 0 Å². The highest BCUT2D eigenvalue weighted by molar-refractivity contribution is 7.98. The highest BCUT2D eigenvalue weighted by Gasteiger charge is 2.14. The third-order valence-corrected chi connectivity index (χ3v) is 3.56. The van der Waals surface area contributed by atoms with E-state index in [-0.39, 0.29) is 5.97 Å². The molecule has 0 radical (unpaired) electrons. The number of hydrogen-bond acceptors (Lipinski definition) is 5. The Morgan fingerprint density at radius 1 is 1.39 bits per heavy atom. The highest BCUT2D eigenvalue weighted by atomic mass is 32.2. The molecule has 1 aromatic rings. The zero-order valence-electron chi connectivity index (χ0n) is 10.8. The number of anilines is 1. The Bertz CT molecular complexity index is 396. The van der Waals surface area contributed by atoms with Crippen molar-refractivity contribution in [1.82, 2.24) is 0 Å². The third-order valence-electron chi connectivity index (χ3n) is 2.47. The molecule has 0 saturated carbocycles. The lowest BCUT2D eigenvalue weighted by Gasteiger charge is -2.10. The topological polar surface area (TPSA) is 61.5 Å². The number of nitrogen functional groups attached to an aromatic ring is 1. The van der Waals surface area contributed by atoms with E-state index in [4.69, 9.17) is 15.2 Å².